The molecule has 9 nitrogen and oxygen atoms in total. The van der Waals surface area contributed by atoms with E-state index in [9.17, 15) is 4.79 Å². The fraction of sp³-hybridized carbons (Fsp3) is 0.625. The molecule has 0 aliphatic rings. The molecule has 0 rings (SSSR count). The van der Waals surface area contributed by atoms with Crippen LogP contribution in [0.2, 0.25) is 0 Å². The number of nitrogens with zero attached hydrogens (tertiary/aromatic N) is 2. The lowest BCUT2D eigenvalue weighted by Crippen LogP contribution is -2.39. The number of carboxylic acids is 1. The molecule has 0 heterocycles. The van der Waals surface area contributed by atoms with Crippen molar-refractivity contribution in [2.24, 2.45) is 22.2 Å². The van der Waals surface area contributed by atoms with Crippen LogP contribution in [0.5, 0.6) is 0 Å². The number of aliphatic hydroxyl groups is 1. The molecule has 0 saturated carbocycles. The maximum Gasteiger partial charge on any atom is 0.323 e. The van der Waals surface area contributed by atoms with Crippen LogP contribution in [0, 0.1) is 5.41 Å². The summed E-state index contributed by atoms with van der Waals surface area (Å²) in [6.07, 6.45) is -0.979. The van der Waals surface area contributed by atoms with Gasteiger partial charge in [-0.25, -0.2) is 0 Å². The van der Waals surface area contributed by atoms with Crippen LogP contribution in [0.15, 0.2) is 4.99 Å². The van der Waals surface area contributed by atoms with Gasteiger partial charge in [0.15, 0.2) is 5.96 Å². The van der Waals surface area contributed by atoms with Crippen molar-refractivity contribution in [1.82, 2.24) is 4.90 Å². The molecule has 17 heavy (non-hydrogen) atoms. The van der Waals surface area contributed by atoms with Gasteiger partial charge in [0.05, 0.1) is 6.10 Å². The normalized spacial score (nSPS) is 12.5. The highest BCUT2D eigenvalue weighted by Crippen LogP contribution is 1.85. The standard InChI is InChI=1S/C4H11N5.C4H9NO3/c1-9(2)4(7)8-3(5)6;1-2(6)3(5)4(7)8/h1-2H3,(H5,5,6,7,8);2-3,6H,5H2,1H3,(H,7,8). The van der Waals surface area contributed by atoms with Gasteiger partial charge in [-0.05, 0) is 6.92 Å². The summed E-state index contributed by atoms with van der Waals surface area (Å²) in [4.78, 5) is 14.8. The molecule has 0 amide bonds. The van der Waals surface area contributed by atoms with Crippen molar-refractivity contribution in [3.8, 4) is 0 Å². The number of carbonyl (C=O) groups is 1. The third-order valence-electron chi connectivity index (χ3n) is 1.46. The second kappa shape index (κ2) is 8.30. The summed E-state index contributed by atoms with van der Waals surface area (Å²) in [6.45, 7) is 1.33. The molecule has 0 aromatic heterocycles. The summed E-state index contributed by atoms with van der Waals surface area (Å²) in [5.74, 6) is -1.22. The summed E-state index contributed by atoms with van der Waals surface area (Å²) in [5, 5.41) is 23.6. The monoisotopic (exact) mass is 248 g/mol. The van der Waals surface area contributed by atoms with Crippen LogP contribution in [-0.2, 0) is 4.79 Å². The van der Waals surface area contributed by atoms with Crippen molar-refractivity contribution in [3.63, 3.8) is 0 Å². The van der Waals surface area contributed by atoms with Gasteiger partial charge in [-0.3, -0.25) is 10.2 Å². The van der Waals surface area contributed by atoms with Gasteiger partial charge in [0.1, 0.15) is 6.04 Å². The molecule has 2 unspecified atom stereocenters. The van der Waals surface area contributed by atoms with Crippen LogP contribution in [0.3, 0.4) is 0 Å². The largest absolute Gasteiger partial charge is 0.480 e. The molecule has 0 fully saturated rings. The lowest BCUT2D eigenvalue weighted by Gasteiger charge is -2.07. The molecule has 0 radical (unpaired) electrons. The second-order valence-corrected chi connectivity index (χ2v) is 3.36. The lowest BCUT2D eigenvalue weighted by atomic mass is 10.2. The number of aliphatic carboxylic acids is 1. The van der Waals surface area contributed by atoms with Crippen molar-refractivity contribution in [2.75, 3.05) is 14.1 Å². The Bertz CT molecular complexity index is 285. The number of nitrogens with two attached hydrogens (primary N) is 3. The van der Waals surface area contributed by atoms with E-state index in [1.165, 1.54) is 11.8 Å². The van der Waals surface area contributed by atoms with Crippen LogP contribution < -0.4 is 17.2 Å². The van der Waals surface area contributed by atoms with E-state index >= 15 is 0 Å². The molecular weight excluding hydrogens is 228 g/mol. The van der Waals surface area contributed by atoms with Gasteiger partial charge in [0.2, 0.25) is 5.96 Å². The Morgan fingerprint density at radius 2 is 1.82 bits per heavy atom. The molecule has 2 atom stereocenters. The molecule has 100 valence electrons. The van der Waals surface area contributed by atoms with Crippen molar-refractivity contribution in [2.45, 2.75) is 19.1 Å². The summed E-state index contributed by atoms with van der Waals surface area (Å²) >= 11 is 0. The highest BCUT2D eigenvalue weighted by molar-refractivity contribution is 5.91. The number of aliphatic hydroxyl groups excluding tert-OH is 1. The first-order valence-electron chi connectivity index (χ1n) is 4.61. The number of guanidine groups is 2. The first-order valence-corrected chi connectivity index (χ1v) is 4.61. The average Bonchev–Trinajstić information content (AvgIpc) is 2.15. The Morgan fingerprint density at radius 1 is 1.41 bits per heavy atom. The fourth-order valence-corrected chi connectivity index (χ4v) is 0.429. The van der Waals surface area contributed by atoms with Gasteiger partial charge in [0.25, 0.3) is 0 Å². The summed E-state index contributed by atoms with van der Waals surface area (Å²) in [6, 6.07) is -1.16. The van der Waals surface area contributed by atoms with E-state index in [0.717, 1.165) is 0 Å². The summed E-state index contributed by atoms with van der Waals surface area (Å²) < 4.78 is 0. The van der Waals surface area contributed by atoms with E-state index in [0.29, 0.717) is 0 Å². The number of hydrogen-bond acceptors (Lipinski definition) is 4. The maximum absolute atomic E-state index is 9.86. The minimum Gasteiger partial charge on any atom is -0.480 e. The predicted molar refractivity (Wildman–Crippen MR) is 64.5 cm³/mol. The second-order valence-electron chi connectivity index (χ2n) is 3.36. The van der Waals surface area contributed by atoms with Gasteiger partial charge >= 0.3 is 5.97 Å². The minimum atomic E-state index is -1.18. The predicted octanol–water partition coefficient (Wildman–Crippen LogP) is -2.46. The number of nitrogens with one attached hydrogen (secondary N) is 1. The third-order valence-corrected chi connectivity index (χ3v) is 1.46. The lowest BCUT2D eigenvalue weighted by molar-refractivity contribution is -0.140. The summed E-state index contributed by atoms with van der Waals surface area (Å²) in [7, 11) is 3.38. The van der Waals surface area contributed by atoms with Gasteiger partial charge in [-0.1, -0.05) is 0 Å². The molecule has 9 N–H and O–H groups in total. The first kappa shape index (κ1) is 17.5. The number of rotatable bonds is 2. The third kappa shape index (κ3) is 10.4. The van der Waals surface area contributed by atoms with Crippen molar-refractivity contribution < 1.29 is 15.0 Å². The number of hydrogen-bond donors (Lipinski definition) is 6. The quantitative estimate of drug-likeness (QED) is 0.232. The van der Waals surface area contributed by atoms with E-state index in [-0.39, 0.29) is 11.9 Å². The molecule has 9 heteroatoms. The van der Waals surface area contributed by atoms with Crippen LogP contribution in [0.25, 0.3) is 0 Å². The van der Waals surface area contributed by atoms with Crippen molar-refractivity contribution in [3.05, 3.63) is 0 Å². The van der Waals surface area contributed by atoms with E-state index in [4.69, 9.17) is 32.8 Å². The number of aliphatic imine (C=N–C) groups is 1. The number of carboxylic acid groups (broad SMARTS) is 1. The maximum atomic E-state index is 9.86. The highest BCUT2D eigenvalue weighted by Gasteiger charge is 2.16. The van der Waals surface area contributed by atoms with Crippen LogP contribution >= 0.6 is 0 Å². The van der Waals surface area contributed by atoms with Crippen LogP contribution in [0.1, 0.15) is 6.92 Å². The van der Waals surface area contributed by atoms with Crippen molar-refractivity contribution >= 4 is 17.9 Å². The molecule has 0 aliphatic carbocycles. The average molecular weight is 248 g/mol. The van der Waals surface area contributed by atoms with Gasteiger partial charge in [-0.15, -0.1) is 0 Å². The molecule has 0 aliphatic heterocycles. The van der Waals surface area contributed by atoms with Crippen LogP contribution in [0.4, 0.5) is 0 Å². The zero-order valence-electron chi connectivity index (χ0n) is 10.1. The van der Waals surface area contributed by atoms with E-state index in [1.807, 2.05) is 0 Å². The molecule has 0 saturated heterocycles. The SMILES string of the molecule is CC(O)C(N)C(=O)O.CN(C)C(=N)N=C(N)N. The van der Waals surface area contributed by atoms with Crippen LogP contribution in [-0.4, -0.2) is 59.2 Å². The first-order chi connectivity index (χ1) is 7.59. The van der Waals surface area contributed by atoms with E-state index in [2.05, 4.69) is 4.99 Å². The Morgan fingerprint density at radius 3 is 1.88 bits per heavy atom. The zero-order chi connectivity index (χ0) is 14.2. The van der Waals surface area contributed by atoms with Gasteiger partial charge < -0.3 is 32.3 Å². The Hall–Kier alpha value is -1.87. The molecular formula is C8H20N6O3. The molecule has 0 aromatic carbocycles. The topological polar surface area (TPSA) is 175 Å². The Balaban J connectivity index is 0. The molecule has 0 aromatic rings. The molecule has 0 spiro atoms. The van der Waals surface area contributed by atoms with Gasteiger partial charge in [0, 0.05) is 14.1 Å². The highest BCUT2D eigenvalue weighted by atomic mass is 16.4. The van der Waals surface area contributed by atoms with E-state index in [1.54, 1.807) is 14.1 Å². The Labute approximate surface area is 99.4 Å². The zero-order valence-corrected chi connectivity index (χ0v) is 10.1. The smallest absolute Gasteiger partial charge is 0.323 e. The molecule has 0 bridgehead atoms. The summed E-state index contributed by atoms with van der Waals surface area (Å²) in [5.41, 5.74) is 14.9. The fourth-order valence-electron chi connectivity index (χ4n) is 0.429. The van der Waals surface area contributed by atoms with Crippen molar-refractivity contribution in [1.29, 1.82) is 5.41 Å². The Kier molecular flexibility index (Phi) is 8.56. The van der Waals surface area contributed by atoms with E-state index < -0.39 is 18.1 Å². The van der Waals surface area contributed by atoms with Gasteiger partial charge in [-0.2, -0.15) is 4.99 Å². The minimum absolute atomic E-state index is 0.0509.